The molecule has 0 bridgehead atoms. The molecule has 9 heavy (non-hydrogen) atoms. The van der Waals surface area contributed by atoms with Gasteiger partial charge in [-0.25, -0.2) is 0 Å². The van der Waals surface area contributed by atoms with E-state index >= 15 is 0 Å². The van der Waals surface area contributed by atoms with Crippen LogP contribution in [0.5, 0.6) is 0 Å². The Balaban J connectivity index is 3.07. The summed E-state index contributed by atoms with van der Waals surface area (Å²) in [5.41, 5.74) is 0. The third kappa shape index (κ3) is 2.45. The quantitative estimate of drug-likeness (QED) is 0.544. The molecule has 0 aromatic heterocycles. The van der Waals surface area contributed by atoms with Gasteiger partial charge in [0.1, 0.15) is 0 Å². The predicted octanol–water partition coefficient (Wildman–Crippen LogP) is 2.52. The molecule has 0 aliphatic heterocycles. The van der Waals surface area contributed by atoms with E-state index in [1.165, 1.54) is 7.14 Å². The van der Waals surface area contributed by atoms with Crippen molar-refractivity contribution in [3.8, 4) is 0 Å². The van der Waals surface area contributed by atoms with Crippen LogP contribution in [0, 0.1) is 7.14 Å². The van der Waals surface area contributed by atoms with Gasteiger partial charge >= 0.3 is 79.8 Å². The van der Waals surface area contributed by atoms with E-state index < -0.39 is 0 Å². The third-order valence-corrected chi connectivity index (χ3v) is 2.97. The van der Waals surface area contributed by atoms with Gasteiger partial charge < -0.3 is 0 Å². The summed E-state index contributed by atoms with van der Waals surface area (Å²) in [6.07, 6.45) is 0. The fourth-order valence-electron chi connectivity index (χ4n) is 0.528. The van der Waals surface area contributed by atoms with Crippen molar-refractivity contribution in [2.24, 2.45) is 0 Å². The fraction of sp³-hybridized carbons (Fsp3) is 0. The van der Waals surface area contributed by atoms with E-state index in [2.05, 4.69) is 40.8 Å². The van der Waals surface area contributed by atoms with E-state index in [4.69, 9.17) is 5.27 Å². The van der Waals surface area contributed by atoms with Gasteiger partial charge in [-0.3, -0.25) is 0 Å². The molecule has 1 rings (SSSR count). The zero-order chi connectivity index (χ0) is 6.69. The normalized spacial score (nSPS) is 9.33. The molecule has 0 fully saturated rings. The van der Waals surface area contributed by atoms with Crippen molar-refractivity contribution in [3.05, 3.63) is 31.4 Å². The summed E-state index contributed by atoms with van der Waals surface area (Å²) in [5.74, 6) is 0. The second-order valence-electron chi connectivity index (χ2n) is 1.55. The second kappa shape index (κ2) is 3.80. The van der Waals surface area contributed by atoms with Gasteiger partial charge in [0.25, 0.3) is 0 Å². The first-order valence-corrected chi connectivity index (χ1v) is 5.82. The van der Waals surface area contributed by atoms with Crippen molar-refractivity contribution in [2.45, 2.75) is 0 Å². The van der Waals surface area contributed by atoms with E-state index in [1.807, 2.05) is 6.07 Å². The molecule has 0 N–H and O–H groups in total. The zero-order valence-corrected chi connectivity index (χ0v) is 8.96. The summed E-state index contributed by atoms with van der Waals surface area (Å²) in [5, 5.41) is 5.53. The van der Waals surface area contributed by atoms with Crippen LogP contribution < -0.4 is 0 Å². The average molecular weight is 341 g/mol. The van der Waals surface area contributed by atoms with Gasteiger partial charge in [-0.1, -0.05) is 0 Å². The number of hydrogen-bond donors (Lipinski definition) is 0. The molecule has 0 aliphatic carbocycles. The molecule has 0 saturated heterocycles. The molecule has 0 heterocycles. The van der Waals surface area contributed by atoms with Gasteiger partial charge in [0.2, 0.25) is 0 Å². The van der Waals surface area contributed by atoms with Crippen molar-refractivity contribution >= 4 is 48.4 Å². The number of rotatable bonds is 1. The standard InChI is InChI=1S/C6H4BI2/c7-9-6-3-1-2-5(8)4-6/h1-4H. The molecule has 0 saturated carbocycles. The Hall–Kier alpha value is 0.745. The molecule has 0 amide bonds. The Kier molecular flexibility index (Phi) is 3.32. The van der Waals surface area contributed by atoms with Crippen LogP contribution in [-0.2, 0) is 0 Å². The van der Waals surface area contributed by atoms with Crippen molar-refractivity contribution in [2.75, 3.05) is 0 Å². The van der Waals surface area contributed by atoms with Crippen molar-refractivity contribution < 1.29 is 0 Å². The van der Waals surface area contributed by atoms with Gasteiger partial charge in [-0.05, 0) is 0 Å². The first kappa shape index (κ1) is 7.85. The Morgan fingerprint density at radius 1 is 1.44 bits per heavy atom. The van der Waals surface area contributed by atoms with E-state index in [0.717, 1.165) is 0 Å². The zero-order valence-electron chi connectivity index (χ0n) is 4.64. The molecule has 0 aliphatic rings. The van der Waals surface area contributed by atoms with Gasteiger partial charge in [-0.2, -0.15) is 0 Å². The van der Waals surface area contributed by atoms with Crippen molar-refractivity contribution in [3.63, 3.8) is 0 Å². The van der Waals surface area contributed by atoms with Gasteiger partial charge in [0.15, 0.2) is 0 Å². The molecule has 0 nitrogen and oxygen atoms in total. The maximum atomic E-state index is 5.53. The molecule has 0 spiro atoms. The van der Waals surface area contributed by atoms with E-state index in [9.17, 15) is 0 Å². The van der Waals surface area contributed by atoms with Gasteiger partial charge in [0, 0.05) is 0 Å². The second-order valence-corrected chi connectivity index (χ2v) is 4.66. The number of halogens is 2. The molecular formula is C6H4BI2. The van der Waals surface area contributed by atoms with Crippen LogP contribution in [-0.4, -0.2) is 5.27 Å². The number of benzene rings is 1. The first-order chi connectivity index (χ1) is 4.33. The molecule has 1 radical (unpaired) electrons. The van der Waals surface area contributed by atoms with Crippen LogP contribution in [0.25, 0.3) is 0 Å². The third-order valence-electron chi connectivity index (χ3n) is 0.913. The molecule has 0 atom stereocenters. The summed E-state index contributed by atoms with van der Waals surface area (Å²) in [6.45, 7) is 0. The summed E-state index contributed by atoms with van der Waals surface area (Å²) in [7, 11) is 0. The molecule has 3 heteroatoms. The van der Waals surface area contributed by atoms with Gasteiger partial charge in [-0.15, -0.1) is 0 Å². The molecule has 0 unspecified atom stereocenters. The summed E-state index contributed by atoms with van der Waals surface area (Å²) >= 11 is 2.08. The van der Waals surface area contributed by atoms with Crippen molar-refractivity contribution in [1.29, 1.82) is 0 Å². The predicted molar refractivity (Wildman–Crippen MR) is 57.6 cm³/mol. The fourth-order valence-corrected chi connectivity index (χ4v) is 2.60. The Morgan fingerprint density at radius 2 is 2.22 bits per heavy atom. The van der Waals surface area contributed by atoms with Crippen LogP contribution in [0.4, 0.5) is 0 Å². The molecule has 1 aromatic rings. The first-order valence-electron chi connectivity index (χ1n) is 2.42. The van der Waals surface area contributed by atoms with E-state index in [1.54, 1.807) is 0 Å². The van der Waals surface area contributed by atoms with Crippen LogP contribution in [0.3, 0.4) is 0 Å². The van der Waals surface area contributed by atoms with Crippen LogP contribution in [0.2, 0.25) is 0 Å². The summed E-state index contributed by atoms with van der Waals surface area (Å²) in [4.78, 5) is 0. The number of hydrogen-bond acceptors (Lipinski definition) is 0. The topological polar surface area (TPSA) is 0 Å². The SMILES string of the molecule is [B]=Ic1cccc(I)c1. The Labute approximate surface area is 79.0 Å². The van der Waals surface area contributed by atoms with E-state index in [-0.39, 0.29) is 20.5 Å². The van der Waals surface area contributed by atoms with Crippen LogP contribution >= 0.6 is 43.1 Å². The van der Waals surface area contributed by atoms with Crippen molar-refractivity contribution in [1.82, 2.24) is 0 Å². The van der Waals surface area contributed by atoms with Gasteiger partial charge in [0.05, 0.1) is 0 Å². The maximum absolute atomic E-state index is 5.53. The van der Waals surface area contributed by atoms with Crippen LogP contribution in [0.15, 0.2) is 24.3 Å². The Morgan fingerprint density at radius 3 is 2.67 bits per heavy atom. The molecule has 45 valence electrons. The summed E-state index contributed by atoms with van der Waals surface area (Å²) in [6, 6.07) is 8.33. The minimum atomic E-state index is -0.212. The monoisotopic (exact) mass is 341 g/mol. The average Bonchev–Trinajstić information content (AvgIpc) is 1.88. The molecular weight excluding hydrogens is 337 g/mol. The Bertz CT molecular complexity index is 222. The van der Waals surface area contributed by atoms with E-state index in [0.29, 0.717) is 0 Å². The molecule has 1 aromatic carbocycles. The summed E-state index contributed by atoms with van der Waals surface area (Å²) < 4.78 is 2.58. The van der Waals surface area contributed by atoms with Crippen LogP contribution in [0.1, 0.15) is 0 Å². The minimum absolute atomic E-state index is 0.212.